The van der Waals surface area contributed by atoms with Crippen molar-refractivity contribution >= 4 is 22.7 Å². The Morgan fingerprint density at radius 2 is 1.84 bits per heavy atom. The zero-order valence-corrected chi connectivity index (χ0v) is 12.4. The van der Waals surface area contributed by atoms with Gasteiger partial charge in [0.05, 0.1) is 11.1 Å². The number of anilines is 1. The monoisotopic (exact) mass is 349 g/mol. The third-order valence-corrected chi connectivity index (χ3v) is 3.24. The van der Waals surface area contributed by atoms with Gasteiger partial charge >= 0.3 is 12.3 Å². The summed E-state index contributed by atoms with van der Waals surface area (Å²) in [5.41, 5.74) is -0.641. The highest BCUT2D eigenvalue weighted by Gasteiger charge is 2.30. The van der Waals surface area contributed by atoms with Gasteiger partial charge in [0, 0.05) is 11.1 Å². The summed E-state index contributed by atoms with van der Waals surface area (Å²) in [5.74, 6) is -0.854. The molecule has 1 heterocycles. The Bertz CT molecular complexity index is 945. The number of benzene rings is 2. The van der Waals surface area contributed by atoms with E-state index in [-0.39, 0.29) is 5.69 Å². The smallest absolute Gasteiger partial charge is 0.418 e. The number of alkyl halides is 3. The van der Waals surface area contributed by atoms with Gasteiger partial charge in [-0.05, 0) is 30.3 Å². The highest BCUT2D eigenvalue weighted by molar-refractivity contribution is 5.89. The fourth-order valence-corrected chi connectivity index (χ4v) is 2.10. The van der Waals surface area contributed by atoms with Crippen molar-refractivity contribution in [2.45, 2.75) is 6.18 Å². The summed E-state index contributed by atoms with van der Waals surface area (Å²) in [6, 6.07) is 10.5. The summed E-state index contributed by atoms with van der Waals surface area (Å²) in [6.07, 6.45) is -5.65. The van der Waals surface area contributed by atoms with E-state index in [0.717, 1.165) is 18.2 Å². The van der Waals surface area contributed by atoms with E-state index >= 15 is 0 Å². The van der Waals surface area contributed by atoms with Crippen molar-refractivity contribution in [2.24, 2.45) is 0 Å². The lowest BCUT2D eigenvalue weighted by molar-refractivity contribution is -0.137. The van der Waals surface area contributed by atoms with E-state index in [4.69, 9.17) is 4.74 Å². The molecule has 0 spiro atoms. The fraction of sp³-hybridized carbons (Fsp3) is 0.0625. The van der Waals surface area contributed by atoms with Crippen molar-refractivity contribution in [3.63, 3.8) is 0 Å². The van der Waals surface area contributed by atoms with Crippen LogP contribution in [-0.4, -0.2) is 21.4 Å². The summed E-state index contributed by atoms with van der Waals surface area (Å²) in [4.78, 5) is 11.8. The number of nitrogens with one attached hydrogen (secondary N) is 1. The lowest BCUT2D eigenvalue weighted by atomic mass is 10.2. The van der Waals surface area contributed by atoms with E-state index in [1.54, 1.807) is 24.3 Å². The topological polar surface area (TPSA) is 84.3 Å². The van der Waals surface area contributed by atoms with Gasteiger partial charge in [0.1, 0.15) is 0 Å². The number of rotatable bonds is 2. The summed E-state index contributed by atoms with van der Waals surface area (Å²) < 4.78 is 42.8. The summed E-state index contributed by atoms with van der Waals surface area (Å²) >= 11 is 0. The van der Waals surface area contributed by atoms with Gasteiger partial charge in [-0.2, -0.15) is 13.2 Å². The molecule has 3 rings (SSSR count). The molecule has 128 valence electrons. The normalized spacial score (nSPS) is 11.3. The number of hydrogen-bond acceptors (Lipinski definition) is 5. The molecule has 0 bridgehead atoms. The Balaban J connectivity index is 1.78. The molecule has 0 radical (unpaired) electrons. The lowest BCUT2D eigenvalue weighted by Crippen LogP contribution is -2.18. The molecule has 0 aliphatic rings. The maximum Gasteiger partial charge on any atom is 0.418 e. The van der Waals surface area contributed by atoms with Crippen LogP contribution in [-0.2, 0) is 6.18 Å². The molecular weight excluding hydrogens is 339 g/mol. The van der Waals surface area contributed by atoms with Gasteiger partial charge in [0.15, 0.2) is 5.75 Å². The molecule has 1 aromatic heterocycles. The first-order chi connectivity index (χ1) is 11.8. The number of amides is 1. The van der Waals surface area contributed by atoms with Crippen molar-refractivity contribution in [2.75, 3.05) is 5.32 Å². The number of hydrogen-bond donors (Lipinski definition) is 2. The second-order valence-electron chi connectivity index (χ2n) is 4.96. The third kappa shape index (κ3) is 3.60. The van der Waals surface area contributed by atoms with E-state index < -0.39 is 29.5 Å². The molecule has 1 amide bonds. The Kier molecular flexibility index (Phi) is 4.14. The Hall–Kier alpha value is -3.36. The molecule has 0 fully saturated rings. The zero-order chi connectivity index (χ0) is 18.0. The van der Waals surface area contributed by atoms with Crippen LogP contribution < -0.4 is 10.1 Å². The third-order valence-electron chi connectivity index (χ3n) is 3.24. The molecular formula is C16H10F3N3O3. The van der Waals surface area contributed by atoms with Crippen LogP contribution in [0.1, 0.15) is 5.56 Å². The van der Waals surface area contributed by atoms with Crippen molar-refractivity contribution in [3.05, 3.63) is 54.1 Å². The van der Waals surface area contributed by atoms with Crippen LogP contribution in [0, 0.1) is 0 Å². The van der Waals surface area contributed by atoms with Crippen LogP contribution >= 0.6 is 0 Å². The molecule has 2 N–H and O–H groups in total. The molecule has 25 heavy (non-hydrogen) atoms. The first kappa shape index (κ1) is 16.5. The summed E-state index contributed by atoms with van der Waals surface area (Å²) in [6.45, 7) is 0. The molecule has 6 nitrogen and oxygen atoms in total. The van der Waals surface area contributed by atoms with Gasteiger partial charge in [-0.3, -0.25) is 5.32 Å². The Morgan fingerprint density at radius 1 is 1.08 bits per heavy atom. The number of aromatic hydroxyl groups is 1. The molecule has 0 saturated carbocycles. The quantitative estimate of drug-likeness (QED) is 0.731. The molecule has 0 saturated heterocycles. The van der Waals surface area contributed by atoms with E-state index in [2.05, 4.69) is 15.5 Å². The second kappa shape index (κ2) is 6.27. The number of nitrogens with zero attached hydrogens (tertiary/aromatic N) is 2. The zero-order valence-electron chi connectivity index (χ0n) is 12.4. The van der Waals surface area contributed by atoms with Gasteiger partial charge in [-0.1, -0.05) is 18.2 Å². The van der Waals surface area contributed by atoms with Crippen LogP contribution in [0.2, 0.25) is 0 Å². The number of fused-ring (bicyclic) bond motifs is 1. The van der Waals surface area contributed by atoms with Gasteiger partial charge in [0.25, 0.3) is 5.88 Å². The van der Waals surface area contributed by atoms with E-state index in [1.807, 2.05) is 0 Å². The average Bonchev–Trinajstić information content (AvgIpc) is 2.57. The molecule has 0 aliphatic heterocycles. The predicted molar refractivity (Wildman–Crippen MR) is 82.3 cm³/mol. The maximum atomic E-state index is 12.7. The summed E-state index contributed by atoms with van der Waals surface area (Å²) in [5, 5.41) is 19.9. The Morgan fingerprint density at radius 3 is 2.60 bits per heavy atom. The molecule has 2 aromatic carbocycles. The van der Waals surface area contributed by atoms with Gasteiger partial charge < -0.3 is 9.84 Å². The van der Waals surface area contributed by atoms with E-state index in [1.165, 1.54) is 6.07 Å². The van der Waals surface area contributed by atoms with Crippen LogP contribution in [0.5, 0.6) is 11.6 Å². The van der Waals surface area contributed by atoms with E-state index in [0.29, 0.717) is 10.9 Å². The predicted octanol–water partition coefficient (Wildman–Crippen LogP) is 3.97. The highest BCUT2D eigenvalue weighted by atomic mass is 19.4. The van der Waals surface area contributed by atoms with Crippen LogP contribution in [0.15, 0.2) is 48.5 Å². The number of carbonyl (C=O) groups excluding carboxylic acids is 1. The summed E-state index contributed by atoms with van der Waals surface area (Å²) in [7, 11) is 0. The van der Waals surface area contributed by atoms with Gasteiger partial charge in [-0.25, -0.2) is 4.79 Å². The highest BCUT2D eigenvalue weighted by Crippen LogP contribution is 2.32. The van der Waals surface area contributed by atoms with E-state index in [9.17, 15) is 23.1 Å². The average molecular weight is 349 g/mol. The van der Waals surface area contributed by atoms with Crippen LogP contribution in [0.4, 0.5) is 23.7 Å². The molecule has 9 heteroatoms. The molecule has 0 atom stereocenters. The molecule has 3 aromatic rings. The SMILES string of the molecule is O=C(Nc1cccc(C(F)(F)F)c1)Oc1nnc2ccccc2c1O. The fourth-order valence-electron chi connectivity index (χ4n) is 2.10. The second-order valence-corrected chi connectivity index (χ2v) is 4.96. The van der Waals surface area contributed by atoms with Crippen LogP contribution in [0.3, 0.4) is 0 Å². The Labute approximate surface area is 138 Å². The first-order valence-corrected chi connectivity index (χ1v) is 6.95. The number of halogens is 3. The number of ether oxygens (including phenoxy) is 1. The van der Waals surface area contributed by atoms with Crippen molar-refractivity contribution < 1.29 is 27.8 Å². The van der Waals surface area contributed by atoms with Crippen molar-refractivity contribution in [3.8, 4) is 11.6 Å². The van der Waals surface area contributed by atoms with Gasteiger partial charge in [0.2, 0.25) is 0 Å². The number of carbonyl (C=O) groups is 1. The first-order valence-electron chi connectivity index (χ1n) is 6.95. The van der Waals surface area contributed by atoms with Crippen molar-refractivity contribution in [1.29, 1.82) is 0 Å². The molecule has 0 aliphatic carbocycles. The maximum absolute atomic E-state index is 12.7. The van der Waals surface area contributed by atoms with Crippen LogP contribution in [0.25, 0.3) is 10.9 Å². The molecule has 0 unspecified atom stereocenters. The van der Waals surface area contributed by atoms with Crippen molar-refractivity contribution in [1.82, 2.24) is 10.2 Å². The minimum absolute atomic E-state index is 0.118. The lowest BCUT2D eigenvalue weighted by Gasteiger charge is -2.10. The minimum Gasteiger partial charge on any atom is -0.503 e. The standard InChI is InChI=1S/C16H10F3N3O3/c17-16(18,19)9-4-3-5-10(8-9)20-15(24)25-14-13(23)11-6-1-2-7-12(11)21-22-14/h1-8H,(H,20,24)(H,21,23). The minimum atomic E-state index is -4.54. The largest absolute Gasteiger partial charge is 0.503 e. The van der Waals surface area contributed by atoms with Gasteiger partial charge in [-0.15, -0.1) is 10.2 Å². The number of aromatic nitrogens is 2.